The monoisotopic (exact) mass is 253 g/mol. The number of nitriles is 1. The number of nitrogens with one attached hydrogen (secondary N) is 1. The maximum atomic E-state index is 12.3. The van der Waals surface area contributed by atoms with Crippen molar-refractivity contribution in [1.82, 2.24) is 9.97 Å². The number of ketones is 1. The van der Waals surface area contributed by atoms with E-state index in [1.807, 2.05) is 6.07 Å². The molecule has 2 heterocycles. The zero-order valence-electron chi connectivity index (χ0n) is 10.3. The predicted molar refractivity (Wildman–Crippen MR) is 68.7 cm³/mol. The van der Waals surface area contributed by atoms with Gasteiger partial charge in [-0.3, -0.25) is 14.6 Å². The molecular formula is C14H11N3O2. The molecule has 0 aliphatic heterocycles. The van der Waals surface area contributed by atoms with Gasteiger partial charge in [-0.25, -0.2) is 0 Å². The molecule has 1 N–H and O–H groups in total. The van der Waals surface area contributed by atoms with Crippen LogP contribution in [0.1, 0.15) is 27.7 Å². The minimum Gasteiger partial charge on any atom is -0.326 e. The third kappa shape index (κ3) is 2.75. The van der Waals surface area contributed by atoms with Crippen molar-refractivity contribution in [3.8, 4) is 6.07 Å². The number of Topliss-reactive ketones (excluding diaryl/α,β-unsaturated/α-hetero) is 1. The molecule has 19 heavy (non-hydrogen) atoms. The standard InChI is InChI=1S/C14H11N3O2/c1-9-6-10(7-13(18)17-9)14(19)11(8-15)12-4-2-3-5-16-12/h2-7,11H,1H3,(H,17,18). The van der Waals surface area contributed by atoms with Gasteiger partial charge in [0.25, 0.3) is 0 Å². The van der Waals surface area contributed by atoms with Crippen molar-refractivity contribution in [2.45, 2.75) is 12.8 Å². The van der Waals surface area contributed by atoms with Crippen molar-refractivity contribution >= 4 is 5.78 Å². The van der Waals surface area contributed by atoms with Crippen LogP contribution in [0.15, 0.2) is 41.3 Å². The van der Waals surface area contributed by atoms with Crippen LogP contribution in [-0.2, 0) is 0 Å². The van der Waals surface area contributed by atoms with E-state index in [4.69, 9.17) is 5.26 Å². The smallest absolute Gasteiger partial charge is 0.248 e. The van der Waals surface area contributed by atoms with E-state index in [0.717, 1.165) is 0 Å². The first-order valence-electron chi connectivity index (χ1n) is 5.67. The second kappa shape index (κ2) is 5.27. The van der Waals surface area contributed by atoms with E-state index in [-0.39, 0.29) is 11.1 Å². The molecule has 0 aromatic carbocycles. The van der Waals surface area contributed by atoms with E-state index < -0.39 is 11.7 Å². The van der Waals surface area contributed by atoms with E-state index in [1.165, 1.54) is 12.3 Å². The summed E-state index contributed by atoms with van der Waals surface area (Å²) >= 11 is 0. The molecule has 0 spiro atoms. The number of hydrogen-bond donors (Lipinski definition) is 1. The fraction of sp³-hybridized carbons (Fsp3) is 0.143. The molecule has 0 bridgehead atoms. The largest absolute Gasteiger partial charge is 0.326 e. The van der Waals surface area contributed by atoms with Crippen LogP contribution in [0.2, 0.25) is 0 Å². The lowest BCUT2D eigenvalue weighted by Crippen LogP contribution is -2.16. The summed E-state index contributed by atoms with van der Waals surface area (Å²) in [5.41, 5.74) is 0.820. The number of rotatable bonds is 3. The van der Waals surface area contributed by atoms with Gasteiger partial charge in [0.15, 0.2) is 11.7 Å². The molecule has 94 valence electrons. The van der Waals surface area contributed by atoms with Gasteiger partial charge in [-0.15, -0.1) is 0 Å². The summed E-state index contributed by atoms with van der Waals surface area (Å²) in [5.74, 6) is -1.42. The van der Waals surface area contributed by atoms with Gasteiger partial charge in [0.05, 0.1) is 11.8 Å². The van der Waals surface area contributed by atoms with E-state index in [2.05, 4.69) is 9.97 Å². The molecule has 0 aliphatic rings. The Morgan fingerprint density at radius 3 is 2.79 bits per heavy atom. The van der Waals surface area contributed by atoms with Crippen molar-refractivity contribution in [3.05, 3.63) is 63.8 Å². The minimum absolute atomic E-state index is 0.221. The summed E-state index contributed by atoms with van der Waals surface area (Å²) in [4.78, 5) is 30.2. The first-order chi connectivity index (χ1) is 9.11. The van der Waals surface area contributed by atoms with Gasteiger partial charge in [0.1, 0.15) is 0 Å². The molecule has 1 atom stereocenters. The Kier molecular flexibility index (Phi) is 3.53. The van der Waals surface area contributed by atoms with Gasteiger partial charge in [0, 0.05) is 23.5 Å². The second-order valence-corrected chi connectivity index (χ2v) is 4.10. The number of carbonyl (C=O) groups excluding carboxylic acids is 1. The Hall–Kier alpha value is -2.74. The van der Waals surface area contributed by atoms with Gasteiger partial charge < -0.3 is 4.98 Å². The molecule has 1 unspecified atom stereocenters. The summed E-state index contributed by atoms with van der Waals surface area (Å²) in [7, 11) is 0. The highest BCUT2D eigenvalue weighted by atomic mass is 16.1. The van der Waals surface area contributed by atoms with Crippen molar-refractivity contribution in [1.29, 1.82) is 5.26 Å². The van der Waals surface area contributed by atoms with E-state index in [1.54, 1.807) is 31.2 Å². The third-order valence-corrected chi connectivity index (χ3v) is 2.64. The maximum Gasteiger partial charge on any atom is 0.248 e. The zero-order chi connectivity index (χ0) is 13.8. The Morgan fingerprint density at radius 1 is 1.42 bits per heavy atom. The van der Waals surface area contributed by atoms with Crippen molar-refractivity contribution in [2.75, 3.05) is 0 Å². The van der Waals surface area contributed by atoms with Gasteiger partial charge in [-0.1, -0.05) is 6.07 Å². The Labute approximate surface area is 109 Å². The second-order valence-electron chi connectivity index (χ2n) is 4.10. The van der Waals surface area contributed by atoms with Crippen LogP contribution in [0.25, 0.3) is 0 Å². The number of aryl methyl sites for hydroxylation is 1. The molecule has 0 amide bonds. The topological polar surface area (TPSA) is 86.6 Å². The van der Waals surface area contributed by atoms with Crippen LogP contribution in [-0.4, -0.2) is 15.8 Å². The SMILES string of the molecule is Cc1cc(C(=O)C(C#N)c2ccccn2)cc(=O)[nH]1. The molecule has 0 aliphatic carbocycles. The van der Waals surface area contributed by atoms with Crippen LogP contribution < -0.4 is 5.56 Å². The van der Waals surface area contributed by atoms with Crippen LogP contribution in [0.4, 0.5) is 0 Å². The minimum atomic E-state index is -0.998. The molecular weight excluding hydrogens is 242 g/mol. The lowest BCUT2D eigenvalue weighted by molar-refractivity contribution is 0.0977. The molecule has 5 nitrogen and oxygen atoms in total. The average Bonchev–Trinajstić information content (AvgIpc) is 2.39. The third-order valence-electron chi connectivity index (χ3n) is 2.64. The quantitative estimate of drug-likeness (QED) is 0.841. The Balaban J connectivity index is 2.43. The van der Waals surface area contributed by atoms with E-state index in [0.29, 0.717) is 11.4 Å². The van der Waals surface area contributed by atoms with E-state index in [9.17, 15) is 9.59 Å². The molecule has 0 radical (unpaired) electrons. The summed E-state index contributed by atoms with van der Waals surface area (Å²) < 4.78 is 0. The molecule has 2 rings (SSSR count). The number of carbonyl (C=O) groups is 1. The summed E-state index contributed by atoms with van der Waals surface area (Å²) in [5, 5.41) is 9.15. The van der Waals surface area contributed by atoms with Crippen molar-refractivity contribution < 1.29 is 4.79 Å². The first-order valence-corrected chi connectivity index (χ1v) is 5.67. The lowest BCUT2D eigenvalue weighted by atomic mass is 9.95. The molecule has 2 aromatic rings. The van der Waals surface area contributed by atoms with Gasteiger partial charge in [-0.2, -0.15) is 5.26 Å². The molecule has 0 saturated heterocycles. The highest BCUT2D eigenvalue weighted by molar-refractivity contribution is 6.02. The van der Waals surface area contributed by atoms with Crippen molar-refractivity contribution in [3.63, 3.8) is 0 Å². The Morgan fingerprint density at radius 2 is 2.21 bits per heavy atom. The lowest BCUT2D eigenvalue weighted by Gasteiger charge is -2.07. The van der Waals surface area contributed by atoms with Crippen molar-refractivity contribution in [2.24, 2.45) is 0 Å². The number of hydrogen-bond acceptors (Lipinski definition) is 4. The fourth-order valence-corrected chi connectivity index (χ4v) is 1.80. The predicted octanol–water partition coefficient (Wildman–Crippen LogP) is 1.57. The first kappa shape index (κ1) is 12.7. The number of H-pyrrole nitrogens is 1. The van der Waals surface area contributed by atoms with Crippen LogP contribution in [0.5, 0.6) is 0 Å². The number of pyridine rings is 2. The maximum absolute atomic E-state index is 12.3. The normalized spacial score (nSPS) is 11.6. The fourth-order valence-electron chi connectivity index (χ4n) is 1.80. The zero-order valence-corrected chi connectivity index (χ0v) is 10.3. The highest BCUT2D eigenvalue weighted by Crippen LogP contribution is 2.17. The number of aromatic amines is 1. The van der Waals surface area contributed by atoms with Gasteiger partial charge in [0.2, 0.25) is 5.56 Å². The number of nitrogens with zero attached hydrogens (tertiary/aromatic N) is 2. The molecule has 2 aromatic heterocycles. The Bertz CT molecular complexity index is 699. The van der Waals surface area contributed by atoms with Crippen LogP contribution in [0.3, 0.4) is 0 Å². The summed E-state index contributed by atoms with van der Waals surface area (Å²) in [6.45, 7) is 1.68. The summed E-state index contributed by atoms with van der Waals surface area (Å²) in [6, 6.07) is 9.72. The summed E-state index contributed by atoms with van der Waals surface area (Å²) in [6.07, 6.45) is 1.52. The highest BCUT2D eigenvalue weighted by Gasteiger charge is 2.23. The van der Waals surface area contributed by atoms with Gasteiger partial charge in [-0.05, 0) is 25.1 Å². The molecule has 5 heteroatoms. The molecule has 0 saturated carbocycles. The average molecular weight is 253 g/mol. The number of aromatic nitrogens is 2. The van der Waals surface area contributed by atoms with Crippen LogP contribution in [0, 0.1) is 18.3 Å². The van der Waals surface area contributed by atoms with Crippen LogP contribution >= 0.6 is 0 Å². The molecule has 0 fully saturated rings. The van der Waals surface area contributed by atoms with Gasteiger partial charge >= 0.3 is 0 Å². The van der Waals surface area contributed by atoms with E-state index >= 15 is 0 Å².